The minimum atomic E-state index is -0.648. The van der Waals surface area contributed by atoms with Gasteiger partial charge in [0.15, 0.2) is 0 Å². The fourth-order valence-electron chi connectivity index (χ4n) is 12.7. The molecule has 3 saturated heterocycles. The summed E-state index contributed by atoms with van der Waals surface area (Å²) in [6, 6.07) is 16.8. The molecule has 382 valence electrons. The van der Waals surface area contributed by atoms with Crippen LogP contribution in [0.5, 0.6) is 0 Å². The van der Waals surface area contributed by atoms with Crippen molar-refractivity contribution in [2.24, 2.45) is 18.9 Å². The zero-order chi connectivity index (χ0) is 50.8. The predicted octanol–water partition coefficient (Wildman–Crippen LogP) is 6.77. The maximum Gasteiger partial charge on any atom is 0.257 e. The summed E-state index contributed by atoms with van der Waals surface area (Å²) < 4.78 is 19.9. The Labute approximate surface area is 426 Å². The Morgan fingerprint density at radius 2 is 1.73 bits per heavy atom. The second-order valence-electron chi connectivity index (χ2n) is 21.6. The summed E-state index contributed by atoms with van der Waals surface area (Å²) in [7, 11) is 3.80. The van der Waals surface area contributed by atoms with E-state index in [0.717, 1.165) is 115 Å². The second kappa shape index (κ2) is 19.7. The fraction of sp³-hybridized carbons (Fsp3) is 0.474. The Bertz CT molecular complexity index is 3090. The summed E-state index contributed by atoms with van der Waals surface area (Å²) in [6.45, 7) is 13.7. The van der Waals surface area contributed by atoms with Gasteiger partial charge in [0.05, 0.1) is 11.6 Å². The van der Waals surface area contributed by atoms with Gasteiger partial charge in [-0.15, -0.1) is 0 Å². The van der Waals surface area contributed by atoms with E-state index in [4.69, 9.17) is 0 Å². The molecule has 4 atom stereocenters. The second-order valence-corrected chi connectivity index (χ2v) is 21.6. The lowest BCUT2D eigenvalue weighted by atomic mass is 9.92. The van der Waals surface area contributed by atoms with E-state index >= 15 is 4.39 Å². The molecule has 1 aliphatic carbocycles. The molecule has 6 aliphatic rings. The number of pyridine rings is 2. The van der Waals surface area contributed by atoms with Crippen molar-refractivity contribution < 1.29 is 23.6 Å². The Morgan fingerprint density at radius 1 is 0.918 bits per heavy atom. The zero-order valence-electron chi connectivity index (χ0n) is 42.7. The minimum absolute atomic E-state index is 0.00543. The summed E-state index contributed by atoms with van der Waals surface area (Å²) in [6.07, 6.45) is 10.8. The molecule has 4 amide bonds. The predicted molar refractivity (Wildman–Crippen MR) is 280 cm³/mol. The number of rotatable bonds is 12. The third-order valence-corrected chi connectivity index (χ3v) is 16.9. The Balaban J connectivity index is 0.672. The molecule has 0 radical (unpaired) electrons. The highest BCUT2D eigenvalue weighted by Crippen LogP contribution is 2.51. The monoisotopic (exact) mass is 991 g/mol. The highest BCUT2D eigenvalue weighted by molar-refractivity contribution is 6.12. The van der Waals surface area contributed by atoms with Gasteiger partial charge in [0.2, 0.25) is 17.7 Å². The quantitative estimate of drug-likeness (QED) is 0.129. The number of carbonyl (C=O) groups excluding carboxylic acids is 4. The first-order valence-corrected chi connectivity index (χ1v) is 26.4. The first-order valence-electron chi connectivity index (χ1n) is 26.4. The topological polar surface area (TPSA) is 148 Å². The van der Waals surface area contributed by atoms with Gasteiger partial charge in [-0.05, 0) is 130 Å². The van der Waals surface area contributed by atoms with Crippen LogP contribution in [0.3, 0.4) is 0 Å². The summed E-state index contributed by atoms with van der Waals surface area (Å²) >= 11 is 0. The fourth-order valence-corrected chi connectivity index (χ4v) is 12.7. The van der Waals surface area contributed by atoms with Crippen LogP contribution in [0.1, 0.15) is 109 Å². The number of amides is 4. The van der Waals surface area contributed by atoms with Crippen LogP contribution in [0.15, 0.2) is 77.9 Å². The lowest BCUT2D eigenvalue weighted by Gasteiger charge is -2.42. The number of nitrogens with one attached hydrogen (secondary N) is 2. The average molecular weight is 991 g/mol. The SMILES string of the molecule is CNc1ccn(-c2ccnc3c2cc([C@H](C)N2CC=C(c4c(C)cc(C(=O)N5CCC(CN6CCN(Cc7ccc8c(c7)C(C7CC7)C(=O)N8C7CCC(=O)NC7=O)C[C@@H]6C)CC5)cc4F)CC2)n3C)c(=O)c1. The van der Waals surface area contributed by atoms with Gasteiger partial charge >= 0.3 is 0 Å². The number of aromatic nitrogens is 3. The van der Waals surface area contributed by atoms with Crippen LogP contribution in [0, 0.1) is 24.6 Å². The van der Waals surface area contributed by atoms with Crippen molar-refractivity contribution in [1.82, 2.24) is 39.0 Å². The summed E-state index contributed by atoms with van der Waals surface area (Å²) in [4.78, 5) is 81.2. The number of likely N-dealkylation sites (tertiary alicyclic amines) is 1. The lowest BCUT2D eigenvalue weighted by Crippen LogP contribution is -2.54. The lowest BCUT2D eigenvalue weighted by molar-refractivity contribution is -0.135. The van der Waals surface area contributed by atoms with Gasteiger partial charge in [0, 0.05) is 144 Å². The number of benzene rings is 2. The molecule has 16 heteroatoms. The van der Waals surface area contributed by atoms with Gasteiger partial charge in [0.1, 0.15) is 17.5 Å². The molecular formula is C57H67FN10O5. The van der Waals surface area contributed by atoms with E-state index in [9.17, 15) is 24.0 Å². The zero-order valence-corrected chi connectivity index (χ0v) is 42.7. The number of fused-ring (bicyclic) bond motifs is 2. The molecule has 0 spiro atoms. The summed E-state index contributed by atoms with van der Waals surface area (Å²) in [5.41, 5.74) is 9.03. The van der Waals surface area contributed by atoms with Crippen molar-refractivity contribution >= 4 is 51.6 Å². The molecule has 8 heterocycles. The Morgan fingerprint density at radius 3 is 2.42 bits per heavy atom. The number of hydrogen-bond donors (Lipinski definition) is 2. The van der Waals surface area contributed by atoms with E-state index in [2.05, 4.69) is 73.0 Å². The normalized spacial score (nSPS) is 23.0. The molecule has 2 N–H and O–H groups in total. The van der Waals surface area contributed by atoms with Crippen molar-refractivity contribution in [3.8, 4) is 5.69 Å². The van der Waals surface area contributed by atoms with Gasteiger partial charge < -0.3 is 14.8 Å². The van der Waals surface area contributed by atoms with E-state index in [0.29, 0.717) is 61.5 Å². The first-order chi connectivity index (χ1) is 35.2. The van der Waals surface area contributed by atoms with Gasteiger partial charge in [-0.2, -0.15) is 0 Å². The van der Waals surface area contributed by atoms with Gasteiger partial charge in [-0.3, -0.25) is 53.5 Å². The maximum absolute atomic E-state index is 16.2. The van der Waals surface area contributed by atoms with Gasteiger partial charge in [-0.1, -0.05) is 18.2 Å². The van der Waals surface area contributed by atoms with Crippen molar-refractivity contribution in [2.45, 2.75) is 96.3 Å². The molecule has 0 bridgehead atoms. The smallest absolute Gasteiger partial charge is 0.257 e. The van der Waals surface area contributed by atoms with Crippen molar-refractivity contribution in [3.63, 3.8) is 0 Å². The molecule has 15 nitrogen and oxygen atoms in total. The van der Waals surface area contributed by atoms with Crippen molar-refractivity contribution in [3.05, 3.63) is 123 Å². The number of imide groups is 1. The molecule has 73 heavy (non-hydrogen) atoms. The molecule has 2 unspecified atom stereocenters. The van der Waals surface area contributed by atoms with Crippen LogP contribution in [-0.4, -0.2) is 129 Å². The summed E-state index contributed by atoms with van der Waals surface area (Å²) in [5.74, 6) is -0.570. The van der Waals surface area contributed by atoms with Gasteiger partial charge in [-0.25, -0.2) is 9.37 Å². The standard InChI is InChI=1S/C57H67FN10O5/c1-34-26-41(28-45(58)52(34)40-15-21-64(22-16-40)36(3)49-30-44-46(12-18-60-54(44)62(49)5)67-23-17-42(59-4)29-51(67)70)56(72)65-19-13-37(14-20-65)33-66-25-24-63(31-35(66)2)32-38-6-9-47-43(27-38)53(39-7-8-39)57(73)68(47)48-10-11-50(69)61-55(48)71/h6,9,12,15,17-18,23,26-30,35-37,39,48,53,59H,7-8,10-11,13-14,16,19-22,24-25,31-33H2,1-5H3,(H,61,69,71)/t35-,36-,48?,53?/m0/s1. The van der Waals surface area contributed by atoms with E-state index in [1.165, 1.54) is 11.6 Å². The summed E-state index contributed by atoms with van der Waals surface area (Å²) in [5, 5.41) is 6.36. The largest absolute Gasteiger partial charge is 0.388 e. The molecule has 11 rings (SSSR count). The van der Waals surface area contributed by atoms with Crippen molar-refractivity contribution in [1.29, 1.82) is 0 Å². The van der Waals surface area contributed by atoms with Crippen LogP contribution in [0.4, 0.5) is 15.8 Å². The number of piperazine rings is 1. The van der Waals surface area contributed by atoms with Crippen LogP contribution in [0.25, 0.3) is 22.3 Å². The Hall–Kier alpha value is -6.49. The number of piperidine rings is 2. The third kappa shape index (κ3) is 9.31. The number of aryl methyl sites for hydroxylation is 2. The third-order valence-electron chi connectivity index (χ3n) is 16.9. The molecule has 5 aliphatic heterocycles. The van der Waals surface area contributed by atoms with E-state index in [1.807, 2.05) is 43.1 Å². The average Bonchev–Trinajstić information content (AvgIpc) is 4.10. The van der Waals surface area contributed by atoms with Crippen LogP contribution >= 0.6 is 0 Å². The number of carbonyl (C=O) groups is 4. The highest BCUT2D eigenvalue weighted by atomic mass is 19.1. The molecular weight excluding hydrogens is 924 g/mol. The maximum atomic E-state index is 16.2. The van der Waals surface area contributed by atoms with E-state index < -0.39 is 6.04 Å². The number of nitrogens with zero attached hydrogens (tertiary/aromatic N) is 8. The number of anilines is 2. The Kier molecular flexibility index (Phi) is 13.2. The molecule has 5 aromatic rings. The first kappa shape index (κ1) is 48.8. The molecule has 4 fully saturated rings. The van der Waals surface area contributed by atoms with Crippen LogP contribution < -0.4 is 21.1 Å². The number of halogens is 1. The highest BCUT2D eigenvalue weighted by Gasteiger charge is 2.50. The van der Waals surface area contributed by atoms with E-state index in [1.54, 1.807) is 35.0 Å². The van der Waals surface area contributed by atoms with Crippen molar-refractivity contribution in [2.75, 3.05) is 69.6 Å². The van der Waals surface area contributed by atoms with Gasteiger partial charge in [0.25, 0.3) is 11.5 Å². The number of hydrogen-bond acceptors (Lipinski definition) is 10. The van der Waals surface area contributed by atoms with E-state index in [-0.39, 0.29) is 53.4 Å². The van der Waals surface area contributed by atoms with Crippen LogP contribution in [-0.2, 0) is 28.0 Å². The van der Waals surface area contributed by atoms with Crippen LogP contribution in [0.2, 0.25) is 0 Å². The minimum Gasteiger partial charge on any atom is -0.388 e. The molecule has 3 aromatic heterocycles. The molecule has 2 aromatic carbocycles. The molecule has 1 saturated carbocycles.